The fourth-order valence-electron chi connectivity index (χ4n) is 3.21. The van der Waals surface area contributed by atoms with E-state index in [0.29, 0.717) is 5.75 Å². The van der Waals surface area contributed by atoms with Crippen LogP contribution in [0.25, 0.3) is 0 Å². The molecule has 0 radical (unpaired) electrons. The van der Waals surface area contributed by atoms with Gasteiger partial charge in [-0.1, -0.05) is 12.1 Å². The minimum atomic E-state index is -1.16. The summed E-state index contributed by atoms with van der Waals surface area (Å²) < 4.78 is 27.7. The van der Waals surface area contributed by atoms with E-state index < -0.39 is 54.5 Å². The maximum atomic E-state index is 11.9. The molecule has 1 heterocycles. The summed E-state index contributed by atoms with van der Waals surface area (Å²) in [5.74, 6) is -1.91. The van der Waals surface area contributed by atoms with Crippen LogP contribution in [0.5, 0.6) is 5.75 Å². The van der Waals surface area contributed by atoms with E-state index in [0.717, 1.165) is 5.56 Å². The van der Waals surface area contributed by atoms with Crippen LogP contribution in [0, 0.1) is 6.92 Å². The Balaban J connectivity index is 2.44. The predicted molar refractivity (Wildman–Crippen MR) is 106 cm³/mol. The number of hydrogen-bond acceptors (Lipinski definition) is 9. The first kappa shape index (κ1) is 24.1. The second kappa shape index (κ2) is 10.8. The molecular formula is C21H27NO9. The third kappa shape index (κ3) is 7.25. The summed E-state index contributed by atoms with van der Waals surface area (Å²) in [5.41, 5.74) is 0.926. The number of amides is 1. The van der Waals surface area contributed by atoms with Crippen LogP contribution < -0.4 is 10.1 Å². The normalized spacial score (nSPS) is 25.1. The Morgan fingerprint density at radius 3 is 2.16 bits per heavy atom. The third-order valence-electron chi connectivity index (χ3n) is 4.31. The van der Waals surface area contributed by atoms with Gasteiger partial charge in [0.1, 0.15) is 24.5 Å². The van der Waals surface area contributed by atoms with Gasteiger partial charge in [0.25, 0.3) is 0 Å². The van der Waals surface area contributed by atoms with Crippen LogP contribution in [-0.2, 0) is 38.1 Å². The van der Waals surface area contributed by atoms with Crippen LogP contribution in [0.3, 0.4) is 0 Å². The maximum Gasteiger partial charge on any atom is 0.303 e. The third-order valence-corrected chi connectivity index (χ3v) is 4.31. The van der Waals surface area contributed by atoms with Crippen LogP contribution in [0.1, 0.15) is 33.3 Å². The van der Waals surface area contributed by atoms with Gasteiger partial charge < -0.3 is 29.0 Å². The molecule has 0 saturated carbocycles. The fourth-order valence-corrected chi connectivity index (χ4v) is 3.21. The topological polar surface area (TPSA) is 126 Å². The minimum Gasteiger partial charge on any atom is -0.463 e. The van der Waals surface area contributed by atoms with E-state index in [-0.39, 0.29) is 6.61 Å². The van der Waals surface area contributed by atoms with Gasteiger partial charge in [-0.25, -0.2) is 0 Å². The summed E-state index contributed by atoms with van der Waals surface area (Å²) in [7, 11) is 0. The first-order valence-electron chi connectivity index (χ1n) is 9.70. The van der Waals surface area contributed by atoms with Crippen LogP contribution >= 0.6 is 0 Å². The Morgan fingerprint density at radius 1 is 0.968 bits per heavy atom. The number of aryl methyl sites for hydroxylation is 1. The molecule has 0 bridgehead atoms. The van der Waals surface area contributed by atoms with E-state index in [9.17, 15) is 19.2 Å². The molecule has 1 aliphatic rings. The molecule has 1 fully saturated rings. The Kier molecular flexibility index (Phi) is 8.38. The molecule has 1 aliphatic heterocycles. The zero-order valence-electron chi connectivity index (χ0n) is 18.1. The molecule has 1 saturated heterocycles. The summed E-state index contributed by atoms with van der Waals surface area (Å²) in [5, 5.41) is 2.65. The highest BCUT2D eigenvalue weighted by Crippen LogP contribution is 2.29. The summed E-state index contributed by atoms with van der Waals surface area (Å²) in [6.45, 7) is 6.45. The van der Waals surface area contributed by atoms with Crippen LogP contribution in [0.2, 0.25) is 0 Å². The number of nitrogens with one attached hydrogen (secondary N) is 1. The van der Waals surface area contributed by atoms with Crippen molar-refractivity contribution < 1.29 is 42.9 Å². The van der Waals surface area contributed by atoms with E-state index in [2.05, 4.69) is 5.32 Å². The van der Waals surface area contributed by atoms with E-state index in [4.69, 9.17) is 23.7 Å². The first-order valence-corrected chi connectivity index (χ1v) is 9.70. The highest BCUT2D eigenvalue weighted by Gasteiger charge is 2.51. The molecule has 0 aromatic heterocycles. The monoisotopic (exact) mass is 437 g/mol. The van der Waals surface area contributed by atoms with Crippen molar-refractivity contribution >= 4 is 23.8 Å². The molecule has 10 nitrogen and oxygen atoms in total. The molecule has 1 N–H and O–H groups in total. The maximum absolute atomic E-state index is 11.9. The van der Waals surface area contributed by atoms with Gasteiger partial charge in [-0.05, 0) is 24.6 Å². The van der Waals surface area contributed by atoms with Gasteiger partial charge >= 0.3 is 17.9 Å². The Morgan fingerprint density at radius 2 is 1.61 bits per heavy atom. The molecule has 1 amide bonds. The molecule has 170 valence electrons. The van der Waals surface area contributed by atoms with Gasteiger partial charge in [0.05, 0.1) is 0 Å². The highest BCUT2D eigenvalue weighted by atomic mass is 16.7. The number of carbonyl (C=O) groups is 4. The number of esters is 3. The Bertz CT molecular complexity index is 825. The number of hydrogen-bond donors (Lipinski definition) is 1. The minimum absolute atomic E-state index is 0.286. The second-order valence-corrected chi connectivity index (χ2v) is 7.15. The summed E-state index contributed by atoms with van der Waals surface area (Å²) >= 11 is 0. The molecule has 1 aromatic rings. The molecule has 2 rings (SSSR count). The molecule has 0 spiro atoms. The lowest BCUT2D eigenvalue weighted by atomic mass is 9.96. The zero-order valence-corrected chi connectivity index (χ0v) is 18.1. The molecule has 1 aromatic carbocycles. The highest BCUT2D eigenvalue weighted by molar-refractivity contribution is 5.73. The quantitative estimate of drug-likeness (QED) is 0.491. The van der Waals surface area contributed by atoms with Crippen molar-refractivity contribution in [3.8, 4) is 5.75 Å². The van der Waals surface area contributed by atoms with Gasteiger partial charge in [0, 0.05) is 27.7 Å². The summed E-state index contributed by atoms with van der Waals surface area (Å²) in [4.78, 5) is 46.8. The number of ether oxygens (including phenoxy) is 5. The Hall–Kier alpha value is -3.14. The number of rotatable bonds is 7. The fraction of sp³-hybridized carbons (Fsp3) is 0.524. The van der Waals surface area contributed by atoms with Crippen LogP contribution in [0.4, 0.5) is 0 Å². The lowest BCUT2D eigenvalue weighted by molar-refractivity contribution is -0.257. The second-order valence-electron chi connectivity index (χ2n) is 7.15. The van der Waals surface area contributed by atoms with Gasteiger partial charge in [0.2, 0.25) is 12.2 Å². The van der Waals surface area contributed by atoms with Crippen molar-refractivity contribution in [2.45, 2.75) is 65.3 Å². The SMILES string of the molecule is CC(=O)N[C@@H]1[C@H](Oc2cccc(C)c2)O[C@H](COC(C)=O)[C@H](OC(C)=O)[C@H]1OC(C)=O. The first-order chi connectivity index (χ1) is 14.6. The average Bonchev–Trinajstić information content (AvgIpc) is 2.64. The van der Waals surface area contributed by atoms with Crippen LogP contribution in [-0.4, -0.2) is 61.1 Å². The van der Waals surface area contributed by atoms with E-state index in [1.807, 2.05) is 13.0 Å². The number of benzene rings is 1. The van der Waals surface area contributed by atoms with Crippen molar-refractivity contribution in [2.24, 2.45) is 0 Å². The van der Waals surface area contributed by atoms with Crippen molar-refractivity contribution in [1.82, 2.24) is 5.32 Å². The van der Waals surface area contributed by atoms with Crippen molar-refractivity contribution in [2.75, 3.05) is 6.61 Å². The molecule has 10 heteroatoms. The van der Waals surface area contributed by atoms with Gasteiger partial charge in [-0.2, -0.15) is 0 Å². The van der Waals surface area contributed by atoms with E-state index in [1.54, 1.807) is 18.2 Å². The molecule has 0 aliphatic carbocycles. The summed E-state index contributed by atoms with van der Waals surface area (Å²) in [6.07, 6.45) is -4.47. The summed E-state index contributed by atoms with van der Waals surface area (Å²) in [6, 6.07) is 6.10. The van der Waals surface area contributed by atoms with Crippen molar-refractivity contribution in [1.29, 1.82) is 0 Å². The van der Waals surface area contributed by atoms with E-state index >= 15 is 0 Å². The number of carbonyl (C=O) groups excluding carboxylic acids is 4. The Labute approximate surface area is 180 Å². The lowest BCUT2D eigenvalue weighted by Crippen LogP contribution is -2.67. The smallest absolute Gasteiger partial charge is 0.303 e. The van der Waals surface area contributed by atoms with Crippen molar-refractivity contribution in [3.63, 3.8) is 0 Å². The van der Waals surface area contributed by atoms with Crippen LogP contribution in [0.15, 0.2) is 24.3 Å². The predicted octanol–water partition coefficient (Wildman–Crippen LogP) is 1.03. The standard InChI is InChI=1S/C21H27NO9/c1-11-7-6-8-16(9-11)30-21-18(22-12(2)23)20(29-15(5)26)19(28-14(4)25)17(31-21)10-27-13(3)24/h6-9,17-21H,10H2,1-5H3,(H,22,23)/t17-,18+,19+,20+,21-/m1/s1. The van der Waals surface area contributed by atoms with Gasteiger partial charge in [-0.3, -0.25) is 19.2 Å². The molecular weight excluding hydrogens is 410 g/mol. The largest absolute Gasteiger partial charge is 0.463 e. The van der Waals surface area contributed by atoms with Gasteiger partial charge in [-0.15, -0.1) is 0 Å². The van der Waals surface area contributed by atoms with Crippen molar-refractivity contribution in [3.05, 3.63) is 29.8 Å². The zero-order chi connectivity index (χ0) is 23.1. The molecule has 5 atom stereocenters. The van der Waals surface area contributed by atoms with Gasteiger partial charge in [0.15, 0.2) is 12.2 Å². The van der Waals surface area contributed by atoms with E-state index in [1.165, 1.54) is 27.7 Å². The molecule has 0 unspecified atom stereocenters. The molecule has 31 heavy (non-hydrogen) atoms. The lowest BCUT2D eigenvalue weighted by Gasteiger charge is -2.44. The average molecular weight is 437 g/mol.